The number of amides is 2. The highest BCUT2D eigenvalue weighted by Gasteiger charge is 2.39. The van der Waals surface area contributed by atoms with E-state index in [1.165, 1.54) is 30.2 Å². The number of halogens is 2. The topological polar surface area (TPSA) is 109 Å². The van der Waals surface area contributed by atoms with Crippen LogP contribution in [-0.2, 0) is 9.53 Å². The third-order valence-corrected chi connectivity index (χ3v) is 5.98. The summed E-state index contributed by atoms with van der Waals surface area (Å²) in [5, 5.41) is 5.58. The zero-order valence-electron chi connectivity index (χ0n) is 20.5. The molecule has 0 aliphatic carbocycles. The number of benzene rings is 1. The zero-order chi connectivity index (χ0) is 26.7. The number of rotatable bonds is 8. The van der Waals surface area contributed by atoms with Gasteiger partial charge in [-0.15, -0.1) is 0 Å². The Kier molecular flexibility index (Phi) is 7.42. The average molecular weight is 509 g/mol. The number of ether oxygens (including phenoxy) is 1. The Hall–Kier alpha value is -4.41. The van der Waals surface area contributed by atoms with Gasteiger partial charge >= 0.3 is 6.09 Å². The van der Waals surface area contributed by atoms with Crippen LogP contribution in [0.25, 0.3) is 11.1 Å². The lowest BCUT2D eigenvalue weighted by molar-refractivity contribution is -0.111. The maximum Gasteiger partial charge on any atom is 0.416 e. The van der Waals surface area contributed by atoms with Gasteiger partial charge in [0.2, 0.25) is 11.9 Å². The fraction of sp³-hybridized carbons (Fsp3) is 0.269. The molecular formula is C26H26F2N6O3. The highest BCUT2D eigenvalue weighted by atomic mass is 19.1. The molecule has 1 fully saturated rings. The summed E-state index contributed by atoms with van der Waals surface area (Å²) in [5.41, 5.74) is 2.32. The highest BCUT2D eigenvalue weighted by molar-refractivity contribution is 5.99. The molecule has 1 aliphatic rings. The summed E-state index contributed by atoms with van der Waals surface area (Å²) in [6.45, 7) is 8.36. The van der Waals surface area contributed by atoms with Crippen LogP contribution in [0.5, 0.6) is 0 Å². The third kappa shape index (κ3) is 5.40. The quantitative estimate of drug-likeness (QED) is 0.414. The van der Waals surface area contributed by atoms with Crippen molar-refractivity contribution in [3.05, 3.63) is 72.5 Å². The Balaban J connectivity index is 1.54. The van der Waals surface area contributed by atoms with Gasteiger partial charge in [-0.2, -0.15) is 4.98 Å². The minimum Gasteiger partial charge on any atom is -0.447 e. The first-order chi connectivity index (χ1) is 17.7. The van der Waals surface area contributed by atoms with Crippen LogP contribution in [-0.4, -0.2) is 45.8 Å². The molecule has 2 N–H and O–H groups in total. The van der Waals surface area contributed by atoms with Crippen molar-refractivity contribution in [3.8, 4) is 11.1 Å². The molecule has 0 bridgehead atoms. The van der Waals surface area contributed by atoms with Crippen LogP contribution in [0.15, 0.2) is 55.4 Å². The van der Waals surface area contributed by atoms with E-state index >= 15 is 4.39 Å². The number of carbonyl (C=O) groups excluding carboxylic acids is 2. The number of alkyl halides is 1. The molecule has 3 atom stereocenters. The fourth-order valence-corrected chi connectivity index (χ4v) is 3.97. The number of hydrogen-bond acceptors (Lipinski definition) is 7. The smallest absolute Gasteiger partial charge is 0.416 e. The minimum atomic E-state index is -1.30. The second-order valence-electron chi connectivity index (χ2n) is 8.58. The number of pyridine rings is 1. The van der Waals surface area contributed by atoms with E-state index in [4.69, 9.17) is 4.74 Å². The summed E-state index contributed by atoms with van der Waals surface area (Å²) in [7, 11) is 0. The Morgan fingerprint density at radius 2 is 2.05 bits per heavy atom. The van der Waals surface area contributed by atoms with Crippen molar-refractivity contribution in [3.63, 3.8) is 0 Å². The Bertz CT molecular complexity index is 1350. The zero-order valence-corrected chi connectivity index (χ0v) is 20.5. The van der Waals surface area contributed by atoms with Crippen molar-refractivity contribution in [2.24, 2.45) is 0 Å². The Labute approximate surface area is 212 Å². The summed E-state index contributed by atoms with van der Waals surface area (Å²) in [6, 6.07) is 6.91. The van der Waals surface area contributed by atoms with E-state index in [-0.39, 0.29) is 30.1 Å². The lowest BCUT2D eigenvalue weighted by atomic mass is 10.00. The molecule has 0 spiro atoms. The van der Waals surface area contributed by atoms with Crippen molar-refractivity contribution >= 4 is 29.5 Å². The largest absolute Gasteiger partial charge is 0.447 e. The molecule has 0 unspecified atom stereocenters. The molecule has 192 valence electrons. The van der Waals surface area contributed by atoms with Gasteiger partial charge in [-0.05, 0) is 50.6 Å². The van der Waals surface area contributed by atoms with Crippen molar-refractivity contribution in [1.29, 1.82) is 0 Å². The summed E-state index contributed by atoms with van der Waals surface area (Å²) in [5.74, 6) is -0.646. The van der Waals surface area contributed by atoms with E-state index in [0.29, 0.717) is 16.8 Å². The van der Waals surface area contributed by atoms with Crippen LogP contribution in [0.3, 0.4) is 0 Å². The Morgan fingerprint density at radius 3 is 2.76 bits per heavy atom. The minimum absolute atomic E-state index is 0.0456. The van der Waals surface area contributed by atoms with Crippen molar-refractivity contribution < 1.29 is 23.1 Å². The monoisotopic (exact) mass is 508 g/mol. The van der Waals surface area contributed by atoms with Gasteiger partial charge in [-0.1, -0.05) is 18.7 Å². The molecule has 3 aromatic rings. The summed E-state index contributed by atoms with van der Waals surface area (Å²) >= 11 is 0. The first-order valence-electron chi connectivity index (χ1n) is 11.6. The van der Waals surface area contributed by atoms with Crippen LogP contribution in [0.1, 0.15) is 31.1 Å². The first kappa shape index (κ1) is 25.7. The van der Waals surface area contributed by atoms with Crippen molar-refractivity contribution in [2.75, 3.05) is 22.1 Å². The molecule has 1 saturated heterocycles. The number of nitrogens with one attached hydrogen (secondary N) is 2. The number of cyclic esters (lactones) is 1. The molecule has 2 aromatic heterocycles. The normalized spacial score (nSPS) is 16.6. The standard InChI is InChI=1S/C26H26F2N6O3/c1-5-23(35)32-19-8-6-7-17(24(19)28)18-12-30-20(11-14(18)2)16(4)31-25-29-10-9-22(33-25)34-21(15(3)27)13-37-26(34)36/h5-12,15-16,21H,1,13H2,2-4H3,(H,32,35)(H,29,31,33)/t15-,16-,21+/m0/s1. The van der Waals surface area contributed by atoms with E-state index in [9.17, 15) is 14.0 Å². The van der Waals surface area contributed by atoms with Gasteiger partial charge in [0, 0.05) is 23.5 Å². The molecule has 2 amide bonds. The van der Waals surface area contributed by atoms with Crippen LogP contribution < -0.4 is 15.5 Å². The molecule has 4 rings (SSSR count). The van der Waals surface area contributed by atoms with E-state index < -0.39 is 30.0 Å². The van der Waals surface area contributed by atoms with Crippen molar-refractivity contribution in [1.82, 2.24) is 15.0 Å². The number of nitrogens with zero attached hydrogens (tertiary/aromatic N) is 4. The first-order valence-corrected chi connectivity index (χ1v) is 11.6. The number of anilines is 3. The second-order valence-corrected chi connectivity index (χ2v) is 8.58. The molecule has 0 radical (unpaired) electrons. The van der Waals surface area contributed by atoms with E-state index in [2.05, 4.69) is 32.2 Å². The molecule has 0 saturated carbocycles. The summed E-state index contributed by atoms with van der Waals surface area (Å²) < 4.78 is 34.0. The Morgan fingerprint density at radius 1 is 1.27 bits per heavy atom. The van der Waals surface area contributed by atoms with Gasteiger partial charge < -0.3 is 15.4 Å². The van der Waals surface area contributed by atoms with Crippen molar-refractivity contribution in [2.45, 2.75) is 39.0 Å². The van der Waals surface area contributed by atoms with Gasteiger partial charge in [0.15, 0.2) is 5.82 Å². The highest BCUT2D eigenvalue weighted by Crippen LogP contribution is 2.31. The lowest BCUT2D eigenvalue weighted by Crippen LogP contribution is -2.39. The summed E-state index contributed by atoms with van der Waals surface area (Å²) in [4.78, 5) is 38.0. The van der Waals surface area contributed by atoms with E-state index in [0.717, 1.165) is 11.6 Å². The number of aryl methyl sites for hydroxylation is 1. The van der Waals surface area contributed by atoms with Crippen LogP contribution >= 0.6 is 0 Å². The number of aromatic nitrogens is 3. The van der Waals surface area contributed by atoms with E-state index in [1.807, 2.05) is 19.9 Å². The molecule has 1 aromatic carbocycles. The van der Waals surface area contributed by atoms with Crippen LogP contribution in [0.2, 0.25) is 0 Å². The SMILES string of the molecule is C=CC(=O)Nc1cccc(-c2cnc([C@H](C)Nc3nccc(N4C(=O)OC[C@@H]4[C@H](C)F)n3)cc2C)c1F. The van der Waals surface area contributed by atoms with Gasteiger partial charge in [0.1, 0.15) is 24.6 Å². The molecule has 11 heteroatoms. The fourth-order valence-electron chi connectivity index (χ4n) is 3.97. The van der Waals surface area contributed by atoms with Gasteiger partial charge in [0.05, 0.1) is 17.4 Å². The molecule has 37 heavy (non-hydrogen) atoms. The predicted octanol–water partition coefficient (Wildman–Crippen LogP) is 4.97. The van der Waals surface area contributed by atoms with E-state index in [1.54, 1.807) is 18.3 Å². The lowest BCUT2D eigenvalue weighted by Gasteiger charge is -2.22. The van der Waals surface area contributed by atoms with Gasteiger partial charge in [-0.3, -0.25) is 14.7 Å². The molecule has 9 nitrogen and oxygen atoms in total. The van der Waals surface area contributed by atoms with Crippen LogP contribution in [0.4, 0.5) is 31.0 Å². The maximum atomic E-state index is 15.1. The maximum absolute atomic E-state index is 15.1. The van der Waals surface area contributed by atoms with Gasteiger partial charge in [0.25, 0.3) is 0 Å². The second kappa shape index (κ2) is 10.7. The predicted molar refractivity (Wildman–Crippen MR) is 135 cm³/mol. The third-order valence-electron chi connectivity index (χ3n) is 5.98. The summed E-state index contributed by atoms with van der Waals surface area (Å²) in [6.07, 6.45) is 2.13. The number of hydrogen-bond donors (Lipinski definition) is 2. The van der Waals surface area contributed by atoms with Crippen LogP contribution in [0, 0.1) is 12.7 Å². The molecule has 1 aliphatic heterocycles. The molecular weight excluding hydrogens is 482 g/mol. The van der Waals surface area contributed by atoms with Gasteiger partial charge in [-0.25, -0.2) is 18.6 Å². The average Bonchev–Trinajstić information content (AvgIpc) is 3.27. The number of carbonyl (C=O) groups is 2. The molecule has 3 heterocycles.